The molecule has 2 heterocycles. The molecule has 0 N–H and O–H groups in total. The van der Waals surface area contributed by atoms with Gasteiger partial charge in [0.1, 0.15) is 11.9 Å². The maximum Gasteiger partial charge on any atom is 0.227 e. The van der Waals surface area contributed by atoms with Crippen LogP contribution in [0.25, 0.3) is 0 Å². The van der Waals surface area contributed by atoms with Crippen molar-refractivity contribution >= 4 is 17.4 Å². The largest absolute Gasteiger partial charge is 0.372 e. The van der Waals surface area contributed by atoms with Crippen molar-refractivity contribution in [2.75, 3.05) is 49.1 Å². The van der Waals surface area contributed by atoms with E-state index in [2.05, 4.69) is 59.0 Å². The molecule has 0 spiro atoms. The minimum absolute atomic E-state index is 0.155. The Kier molecular flexibility index (Phi) is 7.67. The Balaban J connectivity index is 1.54. The van der Waals surface area contributed by atoms with Gasteiger partial charge in [0.25, 0.3) is 0 Å². The Morgan fingerprint density at radius 1 is 1.13 bits per heavy atom. The lowest BCUT2D eigenvalue weighted by Gasteiger charge is -2.35. The zero-order valence-corrected chi connectivity index (χ0v) is 18.0. The van der Waals surface area contributed by atoms with Crippen molar-refractivity contribution in [3.05, 3.63) is 53.7 Å². The van der Waals surface area contributed by atoms with Gasteiger partial charge in [-0.3, -0.25) is 4.79 Å². The van der Waals surface area contributed by atoms with Gasteiger partial charge in [-0.2, -0.15) is 5.26 Å². The monoisotopic (exact) mass is 405 g/mol. The summed E-state index contributed by atoms with van der Waals surface area (Å²) in [5.41, 5.74) is 2.85. The molecule has 0 saturated carbocycles. The average Bonchev–Trinajstić information content (AvgIpc) is 2.80. The lowest BCUT2D eigenvalue weighted by atomic mass is 10.1. The molecule has 2 aromatic rings. The smallest absolute Gasteiger partial charge is 0.227 e. The summed E-state index contributed by atoms with van der Waals surface area (Å²) >= 11 is 0. The van der Waals surface area contributed by atoms with Crippen LogP contribution in [-0.4, -0.2) is 55.1 Å². The molecule has 0 bridgehead atoms. The highest BCUT2D eigenvalue weighted by molar-refractivity contribution is 5.79. The molecular formula is C24H31N5O. The summed E-state index contributed by atoms with van der Waals surface area (Å²) < 4.78 is 0. The average molecular weight is 406 g/mol. The summed E-state index contributed by atoms with van der Waals surface area (Å²) in [6, 6.07) is 14.2. The number of benzene rings is 1. The number of rotatable bonds is 8. The first-order valence-corrected chi connectivity index (χ1v) is 10.9. The lowest BCUT2D eigenvalue weighted by molar-refractivity contribution is -0.130. The third kappa shape index (κ3) is 5.29. The highest BCUT2D eigenvalue weighted by Crippen LogP contribution is 2.19. The Hall–Kier alpha value is -3.07. The summed E-state index contributed by atoms with van der Waals surface area (Å²) in [5.74, 6) is 0.869. The molecule has 1 amide bonds. The molecule has 0 atom stereocenters. The van der Waals surface area contributed by atoms with Crippen LogP contribution in [0.2, 0.25) is 0 Å². The van der Waals surface area contributed by atoms with E-state index in [9.17, 15) is 10.1 Å². The van der Waals surface area contributed by atoms with E-state index in [1.807, 2.05) is 4.90 Å². The van der Waals surface area contributed by atoms with Gasteiger partial charge in [0.15, 0.2) is 0 Å². The van der Waals surface area contributed by atoms with Gasteiger partial charge in [-0.15, -0.1) is 0 Å². The number of unbranched alkanes of at least 4 members (excludes halogenated alkanes) is 1. The number of hydrogen-bond donors (Lipinski definition) is 0. The lowest BCUT2D eigenvalue weighted by Crippen LogP contribution is -2.49. The SMILES string of the molecule is CCCCN(CC)c1ccc(CC(=O)N2CCN(c3ncccc3C#N)CC2)cc1. The molecule has 0 aliphatic carbocycles. The van der Waals surface area contributed by atoms with Crippen LogP contribution in [0.4, 0.5) is 11.5 Å². The molecule has 6 heteroatoms. The predicted octanol–water partition coefficient (Wildman–Crippen LogP) is 3.47. The second-order valence-electron chi connectivity index (χ2n) is 7.63. The number of carbonyl (C=O) groups excluding carboxylic acids is 1. The zero-order valence-electron chi connectivity index (χ0n) is 18.0. The van der Waals surface area contributed by atoms with Gasteiger partial charge in [-0.25, -0.2) is 4.98 Å². The second-order valence-corrected chi connectivity index (χ2v) is 7.63. The van der Waals surface area contributed by atoms with Gasteiger partial charge in [-0.1, -0.05) is 25.5 Å². The minimum atomic E-state index is 0.155. The fourth-order valence-electron chi connectivity index (χ4n) is 3.83. The number of nitriles is 1. The number of hydrogen-bond acceptors (Lipinski definition) is 5. The Bertz CT molecular complexity index is 866. The first-order chi connectivity index (χ1) is 14.7. The van der Waals surface area contributed by atoms with Crippen molar-refractivity contribution in [3.63, 3.8) is 0 Å². The Morgan fingerprint density at radius 3 is 2.50 bits per heavy atom. The van der Waals surface area contributed by atoms with E-state index in [0.717, 1.165) is 18.7 Å². The van der Waals surface area contributed by atoms with E-state index in [-0.39, 0.29) is 5.91 Å². The molecule has 0 radical (unpaired) electrons. The first kappa shape index (κ1) is 21.6. The first-order valence-electron chi connectivity index (χ1n) is 10.9. The number of piperazine rings is 1. The summed E-state index contributed by atoms with van der Waals surface area (Å²) in [7, 11) is 0. The number of carbonyl (C=O) groups is 1. The summed E-state index contributed by atoms with van der Waals surface area (Å²) in [6.45, 7) is 9.14. The van der Waals surface area contributed by atoms with Gasteiger partial charge in [0.05, 0.1) is 12.0 Å². The van der Waals surface area contributed by atoms with Gasteiger partial charge in [-0.05, 0) is 43.2 Å². The van der Waals surface area contributed by atoms with Gasteiger partial charge in [0.2, 0.25) is 5.91 Å². The van der Waals surface area contributed by atoms with Crippen LogP contribution < -0.4 is 9.80 Å². The number of anilines is 2. The molecule has 1 fully saturated rings. The van der Waals surface area contributed by atoms with E-state index >= 15 is 0 Å². The molecule has 6 nitrogen and oxygen atoms in total. The van der Waals surface area contributed by atoms with Crippen LogP contribution in [0.3, 0.4) is 0 Å². The molecule has 1 saturated heterocycles. The molecule has 158 valence electrons. The van der Waals surface area contributed by atoms with Crippen molar-refractivity contribution < 1.29 is 4.79 Å². The second kappa shape index (κ2) is 10.6. The highest BCUT2D eigenvalue weighted by atomic mass is 16.2. The fourth-order valence-corrected chi connectivity index (χ4v) is 3.83. The number of nitrogens with zero attached hydrogens (tertiary/aromatic N) is 5. The summed E-state index contributed by atoms with van der Waals surface area (Å²) in [4.78, 5) is 23.5. The molecule has 1 aromatic heterocycles. The van der Waals surface area contributed by atoms with Crippen LogP contribution >= 0.6 is 0 Å². The van der Waals surface area contributed by atoms with Crippen molar-refractivity contribution in [1.82, 2.24) is 9.88 Å². The molecule has 3 rings (SSSR count). The number of pyridine rings is 1. The maximum atomic E-state index is 12.8. The molecule has 1 aliphatic rings. The van der Waals surface area contributed by atoms with E-state index in [4.69, 9.17) is 0 Å². The summed E-state index contributed by atoms with van der Waals surface area (Å²) in [5, 5.41) is 9.28. The molecule has 0 unspecified atom stereocenters. The van der Waals surface area contributed by atoms with Crippen LogP contribution in [0.1, 0.15) is 37.8 Å². The van der Waals surface area contributed by atoms with E-state index < -0.39 is 0 Å². The standard InChI is InChI=1S/C24H31N5O/c1-3-5-13-27(4-2)22-10-8-20(9-11-22)18-23(30)28-14-16-29(17-15-28)24-21(19-25)7-6-12-26-24/h6-12H,3-5,13-18H2,1-2H3. The number of amides is 1. The quantitative estimate of drug-likeness (QED) is 0.673. The summed E-state index contributed by atoms with van der Waals surface area (Å²) in [6.07, 6.45) is 4.51. The van der Waals surface area contributed by atoms with Gasteiger partial charge < -0.3 is 14.7 Å². The van der Waals surface area contributed by atoms with Crippen LogP contribution in [-0.2, 0) is 11.2 Å². The molecule has 30 heavy (non-hydrogen) atoms. The van der Waals surface area contributed by atoms with Crippen molar-refractivity contribution in [1.29, 1.82) is 5.26 Å². The van der Waals surface area contributed by atoms with Crippen molar-refractivity contribution in [2.45, 2.75) is 33.1 Å². The predicted molar refractivity (Wildman–Crippen MR) is 121 cm³/mol. The molecule has 1 aromatic carbocycles. The van der Waals surface area contributed by atoms with Gasteiger partial charge >= 0.3 is 0 Å². The number of aromatic nitrogens is 1. The van der Waals surface area contributed by atoms with E-state index in [1.165, 1.54) is 18.5 Å². The topological polar surface area (TPSA) is 63.5 Å². The maximum absolute atomic E-state index is 12.8. The van der Waals surface area contributed by atoms with Gasteiger partial charge in [0, 0.05) is 51.2 Å². The molecular weight excluding hydrogens is 374 g/mol. The third-order valence-electron chi connectivity index (χ3n) is 5.66. The van der Waals surface area contributed by atoms with E-state index in [1.54, 1.807) is 18.3 Å². The van der Waals surface area contributed by atoms with Crippen LogP contribution in [0, 0.1) is 11.3 Å². The Morgan fingerprint density at radius 2 is 1.87 bits per heavy atom. The van der Waals surface area contributed by atoms with Crippen LogP contribution in [0.15, 0.2) is 42.6 Å². The van der Waals surface area contributed by atoms with E-state index in [0.29, 0.717) is 44.0 Å². The fraction of sp³-hybridized carbons (Fsp3) is 0.458. The Labute approximate surface area is 179 Å². The molecule has 1 aliphatic heterocycles. The minimum Gasteiger partial charge on any atom is -0.372 e. The normalized spacial score (nSPS) is 13.8. The van der Waals surface area contributed by atoms with Crippen LogP contribution in [0.5, 0.6) is 0 Å². The third-order valence-corrected chi connectivity index (χ3v) is 5.66. The van der Waals surface area contributed by atoms with Crippen molar-refractivity contribution in [3.8, 4) is 6.07 Å². The van der Waals surface area contributed by atoms with Crippen molar-refractivity contribution in [2.24, 2.45) is 0 Å². The highest BCUT2D eigenvalue weighted by Gasteiger charge is 2.23. The zero-order chi connectivity index (χ0) is 21.3.